The monoisotopic (exact) mass is 348 g/mol. The fourth-order valence-corrected chi connectivity index (χ4v) is 3.38. The Morgan fingerprint density at radius 3 is 2.67 bits per heavy atom. The minimum Gasteiger partial charge on any atom is -0.337 e. The Labute approximate surface area is 148 Å². The van der Waals surface area contributed by atoms with Crippen molar-refractivity contribution in [1.29, 1.82) is 0 Å². The average Bonchev–Trinajstić information content (AvgIpc) is 3.10. The Hall–Kier alpha value is -1.43. The molecule has 0 amide bonds. The zero-order valence-electron chi connectivity index (χ0n) is 14.3. The van der Waals surface area contributed by atoms with Gasteiger partial charge in [-0.25, -0.2) is 0 Å². The van der Waals surface area contributed by atoms with Gasteiger partial charge in [0.1, 0.15) is 0 Å². The van der Waals surface area contributed by atoms with Gasteiger partial charge in [0.05, 0.1) is 6.04 Å². The summed E-state index contributed by atoms with van der Waals surface area (Å²) in [6, 6.07) is 7.66. The van der Waals surface area contributed by atoms with E-state index in [1.165, 1.54) is 19.3 Å². The molecule has 0 bridgehead atoms. The highest BCUT2D eigenvalue weighted by atomic mass is 35.5. The maximum absolute atomic E-state index is 5.92. The first kappa shape index (κ1) is 17.4. The van der Waals surface area contributed by atoms with Crippen LogP contribution in [0.1, 0.15) is 38.1 Å². The summed E-state index contributed by atoms with van der Waals surface area (Å²) in [4.78, 5) is 7.02. The summed E-state index contributed by atoms with van der Waals surface area (Å²) in [6.45, 7) is 5.43. The lowest BCUT2D eigenvalue weighted by Crippen LogP contribution is -2.36. The van der Waals surface area contributed by atoms with E-state index < -0.39 is 0 Å². The van der Waals surface area contributed by atoms with Crippen LogP contribution in [0.15, 0.2) is 28.8 Å². The van der Waals surface area contributed by atoms with Crippen molar-refractivity contribution >= 4 is 11.6 Å². The van der Waals surface area contributed by atoms with Crippen LogP contribution >= 0.6 is 11.6 Å². The van der Waals surface area contributed by atoms with Crippen molar-refractivity contribution in [3.63, 3.8) is 0 Å². The average molecular weight is 349 g/mol. The molecule has 3 rings (SSSR count). The second kappa shape index (κ2) is 8.10. The van der Waals surface area contributed by atoms with Crippen molar-refractivity contribution in [2.75, 3.05) is 26.7 Å². The number of benzene rings is 1. The van der Waals surface area contributed by atoms with Crippen LogP contribution in [-0.4, -0.2) is 41.7 Å². The summed E-state index contributed by atoms with van der Waals surface area (Å²) in [5.41, 5.74) is 0.923. The minimum absolute atomic E-state index is 0.156. The second-order valence-corrected chi connectivity index (χ2v) is 6.95. The predicted molar refractivity (Wildman–Crippen MR) is 96.0 cm³/mol. The van der Waals surface area contributed by atoms with Crippen LogP contribution in [0.2, 0.25) is 5.02 Å². The Balaban J connectivity index is 1.60. The maximum atomic E-state index is 5.92. The van der Waals surface area contributed by atoms with Crippen molar-refractivity contribution in [2.45, 2.75) is 32.2 Å². The molecule has 24 heavy (non-hydrogen) atoms. The summed E-state index contributed by atoms with van der Waals surface area (Å²) in [5, 5.41) is 8.07. The van der Waals surface area contributed by atoms with E-state index in [2.05, 4.69) is 27.3 Å². The van der Waals surface area contributed by atoms with E-state index in [-0.39, 0.29) is 6.04 Å². The highest BCUT2D eigenvalue weighted by Gasteiger charge is 2.26. The van der Waals surface area contributed by atoms with Crippen molar-refractivity contribution < 1.29 is 4.52 Å². The molecular weight excluding hydrogens is 324 g/mol. The Morgan fingerprint density at radius 1 is 1.29 bits per heavy atom. The molecule has 1 aromatic carbocycles. The number of piperidine rings is 1. The number of aromatic nitrogens is 2. The van der Waals surface area contributed by atoms with Gasteiger partial charge in [-0.3, -0.25) is 4.90 Å². The molecule has 1 aromatic heterocycles. The maximum Gasteiger partial charge on any atom is 0.244 e. The van der Waals surface area contributed by atoms with Crippen molar-refractivity contribution in [3.05, 3.63) is 35.2 Å². The first-order valence-corrected chi connectivity index (χ1v) is 9.03. The topological polar surface area (TPSA) is 54.2 Å². The standard InChI is InChI=1S/C18H25ClN4O/c1-13(23-11-8-14(9-12-23)7-10-20-2)18-21-17(22-24-18)15-3-5-16(19)6-4-15/h3-6,13-14,20H,7-12H2,1-2H3. The summed E-state index contributed by atoms with van der Waals surface area (Å²) in [6.07, 6.45) is 3.74. The number of halogens is 1. The van der Waals surface area contributed by atoms with E-state index in [1.807, 2.05) is 31.3 Å². The summed E-state index contributed by atoms with van der Waals surface area (Å²) >= 11 is 5.92. The Kier molecular flexibility index (Phi) is 5.87. The van der Waals surface area contributed by atoms with Crippen molar-refractivity contribution in [1.82, 2.24) is 20.4 Å². The molecule has 130 valence electrons. The number of nitrogens with one attached hydrogen (secondary N) is 1. The molecule has 0 saturated carbocycles. The number of hydrogen-bond donors (Lipinski definition) is 1. The molecule has 1 fully saturated rings. The van der Waals surface area contributed by atoms with Crippen LogP contribution in [0.4, 0.5) is 0 Å². The molecule has 1 aliphatic heterocycles. The van der Waals surface area contributed by atoms with Crippen molar-refractivity contribution in [2.24, 2.45) is 5.92 Å². The fourth-order valence-electron chi connectivity index (χ4n) is 3.25. The fraction of sp³-hybridized carbons (Fsp3) is 0.556. The molecular formula is C18H25ClN4O. The lowest BCUT2D eigenvalue weighted by atomic mass is 9.93. The van der Waals surface area contributed by atoms with E-state index in [1.54, 1.807) is 0 Å². The molecule has 6 heteroatoms. The molecule has 1 atom stereocenters. The van der Waals surface area contributed by atoms with E-state index in [0.717, 1.165) is 31.1 Å². The van der Waals surface area contributed by atoms with Crippen LogP contribution in [0.5, 0.6) is 0 Å². The third-order valence-corrected chi connectivity index (χ3v) is 5.15. The third-order valence-electron chi connectivity index (χ3n) is 4.90. The van der Waals surface area contributed by atoms with Gasteiger partial charge >= 0.3 is 0 Å². The first-order chi connectivity index (χ1) is 11.7. The van der Waals surface area contributed by atoms with Gasteiger partial charge in [0.2, 0.25) is 11.7 Å². The van der Waals surface area contributed by atoms with Crippen LogP contribution in [0.25, 0.3) is 11.4 Å². The van der Waals surface area contributed by atoms with E-state index in [4.69, 9.17) is 16.1 Å². The number of nitrogens with zero attached hydrogens (tertiary/aromatic N) is 3. The van der Waals surface area contributed by atoms with Gasteiger partial charge in [-0.05, 0) is 83.1 Å². The second-order valence-electron chi connectivity index (χ2n) is 6.51. The highest BCUT2D eigenvalue weighted by molar-refractivity contribution is 6.30. The van der Waals surface area contributed by atoms with Gasteiger partial charge < -0.3 is 9.84 Å². The predicted octanol–water partition coefficient (Wildman–Crippen LogP) is 3.77. The van der Waals surface area contributed by atoms with Crippen molar-refractivity contribution in [3.8, 4) is 11.4 Å². The number of likely N-dealkylation sites (tertiary alicyclic amines) is 1. The number of hydrogen-bond acceptors (Lipinski definition) is 5. The van der Waals surface area contributed by atoms with E-state index in [0.29, 0.717) is 16.7 Å². The third kappa shape index (κ3) is 4.15. The van der Waals surface area contributed by atoms with Crippen LogP contribution in [-0.2, 0) is 0 Å². The molecule has 5 nitrogen and oxygen atoms in total. The lowest BCUT2D eigenvalue weighted by molar-refractivity contribution is 0.117. The van der Waals surface area contributed by atoms with Gasteiger partial charge in [0.25, 0.3) is 0 Å². The van der Waals surface area contributed by atoms with Gasteiger partial charge in [0.15, 0.2) is 0 Å². The van der Waals surface area contributed by atoms with Gasteiger partial charge in [-0.15, -0.1) is 0 Å². The molecule has 1 saturated heterocycles. The highest BCUT2D eigenvalue weighted by Crippen LogP contribution is 2.28. The van der Waals surface area contributed by atoms with Crippen LogP contribution in [0.3, 0.4) is 0 Å². The van der Waals surface area contributed by atoms with Gasteiger partial charge in [0, 0.05) is 10.6 Å². The Bertz CT molecular complexity index is 635. The van der Waals surface area contributed by atoms with Gasteiger partial charge in [-0.1, -0.05) is 16.8 Å². The van der Waals surface area contributed by atoms with Gasteiger partial charge in [-0.2, -0.15) is 4.98 Å². The molecule has 2 heterocycles. The smallest absolute Gasteiger partial charge is 0.244 e. The summed E-state index contributed by atoms with van der Waals surface area (Å²) in [7, 11) is 2.02. The molecule has 0 aliphatic carbocycles. The normalized spacial score (nSPS) is 18.0. The molecule has 1 N–H and O–H groups in total. The van der Waals surface area contributed by atoms with Crippen LogP contribution in [0, 0.1) is 5.92 Å². The molecule has 1 unspecified atom stereocenters. The number of rotatable bonds is 6. The minimum atomic E-state index is 0.156. The molecule has 0 spiro atoms. The molecule has 2 aromatic rings. The molecule has 1 aliphatic rings. The summed E-state index contributed by atoms with van der Waals surface area (Å²) in [5.74, 6) is 2.14. The zero-order valence-corrected chi connectivity index (χ0v) is 15.1. The SMILES string of the molecule is CNCCC1CCN(C(C)c2nc(-c3ccc(Cl)cc3)no2)CC1. The zero-order chi connectivity index (χ0) is 16.9. The Morgan fingerprint density at radius 2 is 2.00 bits per heavy atom. The lowest BCUT2D eigenvalue weighted by Gasteiger charge is -2.34. The van der Waals surface area contributed by atoms with E-state index >= 15 is 0 Å². The molecule has 0 radical (unpaired) electrons. The largest absolute Gasteiger partial charge is 0.337 e. The summed E-state index contributed by atoms with van der Waals surface area (Å²) < 4.78 is 5.51. The first-order valence-electron chi connectivity index (χ1n) is 8.65. The quantitative estimate of drug-likeness (QED) is 0.861. The van der Waals surface area contributed by atoms with E-state index in [9.17, 15) is 0 Å². The van der Waals surface area contributed by atoms with Crippen LogP contribution < -0.4 is 5.32 Å².